The second-order valence-electron chi connectivity index (χ2n) is 4.67. The average molecular weight is 272 g/mol. The van der Waals surface area contributed by atoms with Crippen LogP contribution in [-0.4, -0.2) is 17.4 Å². The summed E-state index contributed by atoms with van der Waals surface area (Å²) >= 11 is 0. The molecule has 1 aromatic heterocycles. The number of nitrogens with two attached hydrogens (primary N) is 1. The van der Waals surface area contributed by atoms with Crippen LogP contribution in [0, 0.1) is 0 Å². The number of rotatable bonds is 6. The summed E-state index contributed by atoms with van der Waals surface area (Å²) in [4.78, 5) is 16.4. The fraction of sp³-hybridized carbons (Fsp3) is 0.333. The summed E-state index contributed by atoms with van der Waals surface area (Å²) in [5, 5.41) is 4.63. The van der Waals surface area contributed by atoms with Crippen molar-refractivity contribution >= 4 is 22.5 Å². The van der Waals surface area contributed by atoms with Crippen LogP contribution >= 0.6 is 0 Å². The highest BCUT2D eigenvalue weighted by Gasteiger charge is 2.12. The molecule has 0 bridgehead atoms. The maximum Gasteiger partial charge on any atom is 0.253 e. The Morgan fingerprint density at radius 2 is 2.00 bits per heavy atom. The average Bonchev–Trinajstić information content (AvgIpc) is 2.50. The smallest absolute Gasteiger partial charge is 0.253 e. The number of amides is 1. The van der Waals surface area contributed by atoms with Crippen molar-refractivity contribution in [1.82, 2.24) is 10.3 Å². The third-order valence-corrected chi connectivity index (χ3v) is 3.24. The number of nitrogens with one attached hydrogen (secondary N) is 2. The van der Waals surface area contributed by atoms with Crippen molar-refractivity contribution in [3.8, 4) is 0 Å². The molecule has 0 spiro atoms. The van der Waals surface area contributed by atoms with Gasteiger partial charge >= 0.3 is 0 Å². The van der Waals surface area contributed by atoms with E-state index in [-0.39, 0.29) is 5.91 Å². The minimum absolute atomic E-state index is 0.0895. The molecular weight excluding hydrogens is 252 g/mol. The van der Waals surface area contributed by atoms with Crippen molar-refractivity contribution in [2.75, 3.05) is 12.0 Å². The summed E-state index contributed by atoms with van der Waals surface area (Å²) in [6.45, 7) is 2.83. The second kappa shape index (κ2) is 6.86. The van der Waals surface area contributed by atoms with Crippen LogP contribution in [0.4, 0.5) is 5.82 Å². The lowest BCUT2D eigenvalue weighted by Crippen LogP contribution is -2.25. The Labute approximate surface area is 118 Å². The number of hydrazine groups is 1. The first kappa shape index (κ1) is 14.3. The standard InChI is InChI=1S/C15H20N4O/c1-2-3-6-9-17-15(20)13-10-18-14(19-16)12-8-5-4-7-11(12)13/h4-5,7-8,10H,2-3,6,9,16H2,1H3,(H,17,20)(H,18,19). The number of nitrogen functional groups attached to an aromatic ring is 1. The minimum Gasteiger partial charge on any atom is -0.352 e. The van der Waals surface area contributed by atoms with Gasteiger partial charge in [-0.2, -0.15) is 0 Å². The summed E-state index contributed by atoms with van der Waals surface area (Å²) in [6.07, 6.45) is 4.81. The van der Waals surface area contributed by atoms with Crippen LogP contribution in [0.3, 0.4) is 0 Å². The first-order chi connectivity index (χ1) is 9.77. The molecule has 0 atom stereocenters. The van der Waals surface area contributed by atoms with E-state index in [4.69, 9.17) is 5.84 Å². The number of unbranched alkanes of at least 4 members (excludes halogenated alkanes) is 2. The van der Waals surface area contributed by atoms with E-state index in [1.54, 1.807) is 6.20 Å². The second-order valence-corrected chi connectivity index (χ2v) is 4.67. The summed E-state index contributed by atoms with van der Waals surface area (Å²) in [6, 6.07) is 7.59. The molecule has 5 nitrogen and oxygen atoms in total. The van der Waals surface area contributed by atoms with Gasteiger partial charge in [0.2, 0.25) is 0 Å². The summed E-state index contributed by atoms with van der Waals surface area (Å²) < 4.78 is 0. The highest BCUT2D eigenvalue weighted by Crippen LogP contribution is 2.23. The highest BCUT2D eigenvalue weighted by molar-refractivity contribution is 6.09. The molecular formula is C15H20N4O. The van der Waals surface area contributed by atoms with Crippen molar-refractivity contribution in [2.45, 2.75) is 26.2 Å². The highest BCUT2D eigenvalue weighted by atomic mass is 16.1. The van der Waals surface area contributed by atoms with E-state index in [0.717, 1.165) is 30.0 Å². The van der Waals surface area contributed by atoms with E-state index in [0.29, 0.717) is 17.9 Å². The number of fused-ring (bicyclic) bond motifs is 1. The Bertz CT molecular complexity index is 597. The topological polar surface area (TPSA) is 80.0 Å². The molecule has 20 heavy (non-hydrogen) atoms. The molecule has 0 unspecified atom stereocenters. The molecule has 1 amide bonds. The van der Waals surface area contributed by atoms with Crippen LogP contribution in [0.25, 0.3) is 10.8 Å². The van der Waals surface area contributed by atoms with Crippen molar-refractivity contribution in [3.63, 3.8) is 0 Å². The number of hydrogen-bond acceptors (Lipinski definition) is 4. The molecule has 2 rings (SSSR count). The predicted molar refractivity (Wildman–Crippen MR) is 81.4 cm³/mol. The van der Waals surface area contributed by atoms with Gasteiger partial charge in [0, 0.05) is 18.1 Å². The van der Waals surface area contributed by atoms with E-state index in [1.807, 2.05) is 24.3 Å². The van der Waals surface area contributed by atoms with Gasteiger partial charge in [0.1, 0.15) is 5.82 Å². The number of carbonyl (C=O) groups is 1. The first-order valence-corrected chi connectivity index (χ1v) is 6.90. The zero-order valence-corrected chi connectivity index (χ0v) is 11.6. The van der Waals surface area contributed by atoms with Crippen LogP contribution in [0.2, 0.25) is 0 Å². The normalized spacial score (nSPS) is 10.5. The Kier molecular flexibility index (Phi) is 4.90. The quantitative estimate of drug-likeness (QED) is 0.428. The molecule has 1 aromatic carbocycles. The molecule has 0 aliphatic carbocycles. The zero-order valence-electron chi connectivity index (χ0n) is 11.6. The lowest BCUT2D eigenvalue weighted by Gasteiger charge is -2.10. The van der Waals surface area contributed by atoms with Crippen molar-refractivity contribution in [1.29, 1.82) is 0 Å². The summed E-state index contributed by atoms with van der Waals surface area (Å²) in [7, 11) is 0. The maximum atomic E-state index is 12.2. The van der Waals surface area contributed by atoms with Crippen molar-refractivity contribution in [2.24, 2.45) is 5.84 Å². The molecule has 4 N–H and O–H groups in total. The van der Waals surface area contributed by atoms with E-state index < -0.39 is 0 Å². The van der Waals surface area contributed by atoms with E-state index in [9.17, 15) is 4.79 Å². The third kappa shape index (κ3) is 3.05. The van der Waals surface area contributed by atoms with E-state index >= 15 is 0 Å². The number of pyridine rings is 1. The number of hydrogen-bond donors (Lipinski definition) is 3. The molecule has 2 aromatic rings. The number of benzene rings is 1. The van der Waals surface area contributed by atoms with Gasteiger partial charge in [-0.1, -0.05) is 44.0 Å². The molecule has 5 heteroatoms. The Balaban J connectivity index is 2.24. The van der Waals surface area contributed by atoms with Gasteiger partial charge in [-0.3, -0.25) is 4.79 Å². The Morgan fingerprint density at radius 3 is 2.70 bits per heavy atom. The van der Waals surface area contributed by atoms with Crippen LogP contribution < -0.4 is 16.6 Å². The van der Waals surface area contributed by atoms with Crippen LogP contribution in [0.5, 0.6) is 0 Å². The minimum atomic E-state index is -0.0895. The summed E-state index contributed by atoms with van der Waals surface area (Å²) in [5.41, 5.74) is 3.13. The lowest BCUT2D eigenvalue weighted by atomic mass is 10.1. The molecule has 1 heterocycles. The Hall–Kier alpha value is -2.14. The van der Waals surface area contributed by atoms with Gasteiger partial charge in [0.25, 0.3) is 5.91 Å². The lowest BCUT2D eigenvalue weighted by molar-refractivity contribution is 0.0954. The molecule has 0 radical (unpaired) electrons. The number of carbonyl (C=O) groups excluding carboxylic acids is 1. The van der Waals surface area contributed by atoms with Crippen LogP contribution in [-0.2, 0) is 0 Å². The van der Waals surface area contributed by atoms with Crippen LogP contribution in [0.15, 0.2) is 30.5 Å². The van der Waals surface area contributed by atoms with Gasteiger partial charge in [0.15, 0.2) is 0 Å². The van der Waals surface area contributed by atoms with Crippen LogP contribution in [0.1, 0.15) is 36.5 Å². The fourth-order valence-corrected chi connectivity index (χ4v) is 2.16. The molecule has 0 saturated carbocycles. The largest absolute Gasteiger partial charge is 0.352 e. The predicted octanol–water partition coefficient (Wildman–Crippen LogP) is 2.44. The van der Waals surface area contributed by atoms with E-state index in [2.05, 4.69) is 22.7 Å². The van der Waals surface area contributed by atoms with E-state index in [1.165, 1.54) is 0 Å². The van der Waals surface area contributed by atoms with Crippen molar-refractivity contribution in [3.05, 3.63) is 36.0 Å². The van der Waals surface area contributed by atoms with Gasteiger partial charge in [-0.15, -0.1) is 0 Å². The molecule has 0 aliphatic rings. The van der Waals surface area contributed by atoms with Gasteiger partial charge in [-0.25, -0.2) is 10.8 Å². The molecule has 0 fully saturated rings. The molecule has 0 aliphatic heterocycles. The molecule has 0 saturated heterocycles. The SMILES string of the molecule is CCCCCNC(=O)c1cnc(NN)c2ccccc12. The third-order valence-electron chi connectivity index (χ3n) is 3.24. The Morgan fingerprint density at radius 1 is 1.25 bits per heavy atom. The van der Waals surface area contributed by atoms with Gasteiger partial charge in [0.05, 0.1) is 5.56 Å². The monoisotopic (exact) mass is 272 g/mol. The number of anilines is 1. The maximum absolute atomic E-state index is 12.2. The zero-order chi connectivity index (χ0) is 14.4. The van der Waals surface area contributed by atoms with Gasteiger partial charge < -0.3 is 10.7 Å². The van der Waals surface area contributed by atoms with Crippen molar-refractivity contribution < 1.29 is 4.79 Å². The summed E-state index contributed by atoms with van der Waals surface area (Å²) in [5.74, 6) is 5.93. The number of nitrogens with zero attached hydrogens (tertiary/aromatic N) is 1. The van der Waals surface area contributed by atoms with Gasteiger partial charge in [-0.05, 0) is 11.8 Å². The number of aromatic nitrogens is 1. The molecule has 106 valence electrons. The fourth-order valence-electron chi connectivity index (χ4n) is 2.16. The first-order valence-electron chi connectivity index (χ1n) is 6.90.